The van der Waals surface area contributed by atoms with Crippen LogP contribution in [0.4, 0.5) is 11.4 Å². The maximum absolute atomic E-state index is 5.85. The fourth-order valence-corrected chi connectivity index (χ4v) is 1.31. The molecule has 2 N–H and O–H groups in total. The lowest BCUT2D eigenvalue weighted by Crippen LogP contribution is -2.17. The van der Waals surface area contributed by atoms with Gasteiger partial charge in [-0.25, -0.2) is 0 Å². The third-order valence-corrected chi connectivity index (χ3v) is 2.04. The quantitative estimate of drug-likeness (QED) is 0.595. The van der Waals surface area contributed by atoms with Gasteiger partial charge in [-0.15, -0.1) is 6.58 Å². The van der Waals surface area contributed by atoms with Gasteiger partial charge in [0, 0.05) is 18.6 Å². The molecule has 1 rings (SSSR count). The summed E-state index contributed by atoms with van der Waals surface area (Å²) in [6.45, 7) is 4.42. The van der Waals surface area contributed by atoms with Gasteiger partial charge in [0.1, 0.15) is 0 Å². The highest BCUT2D eigenvalue weighted by Crippen LogP contribution is 2.25. The highest BCUT2D eigenvalue weighted by Gasteiger charge is 2.03. The molecule has 13 heavy (non-hydrogen) atoms. The summed E-state index contributed by atoms with van der Waals surface area (Å²) in [5.41, 5.74) is 7.45. The van der Waals surface area contributed by atoms with Crippen LogP contribution in [-0.4, -0.2) is 13.6 Å². The summed E-state index contributed by atoms with van der Waals surface area (Å²) in [7, 11) is 1.95. The first-order chi connectivity index (χ1) is 6.15. The molecule has 0 atom stereocenters. The monoisotopic (exact) mass is 196 g/mol. The maximum atomic E-state index is 5.85. The number of rotatable bonds is 3. The largest absolute Gasteiger partial charge is 0.397 e. The molecule has 1 aromatic carbocycles. The van der Waals surface area contributed by atoms with Gasteiger partial charge in [0.2, 0.25) is 0 Å². The van der Waals surface area contributed by atoms with E-state index in [0.29, 0.717) is 5.02 Å². The van der Waals surface area contributed by atoms with Crippen LogP contribution in [0.3, 0.4) is 0 Å². The van der Waals surface area contributed by atoms with Crippen LogP contribution in [0, 0.1) is 0 Å². The number of hydrogen-bond acceptors (Lipinski definition) is 2. The van der Waals surface area contributed by atoms with E-state index in [1.807, 2.05) is 24.1 Å². The van der Waals surface area contributed by atoms with Crippen LogP contribution in [0.2, 0.25) is 5.02 Å². The Kier molecular flexibility index (Phi) is 3.20. The second kappa shape index (κ2) is 4.19. The normalized spacial score (nSPS) is 9.69. The second-order valence-electron chi connectivity index (χ2n) is 2.87. The van der Waals surface area contributed by atoms with Crippen molar-refractivity contribution in [1.29, 1.82) is 0 Å². The molecule has 0 aliphatic heterocycles. The predicted octanol–water partition coefficient (Wildman–Crippen LogP) is 2.54. The highest BCUT2D eigenvalue weighted by atomic mass is 35.5. The smallest absolute Gasteiger partial charge is 0.0615 e. The van der Waals surface area contributed by atoms with Crippen molar-refractivity contribution in [3.8, 4) is 0 Å². The van der Waals surface area contributed by atoms with E-state index < -0.39 is 0 Å². The van der Waals surface area contributed by atoms with Gasteiger partial charge < -0.3 is 10.6 Å². The molecule has 70 valence electrons. The number of nitrogen functional groups attached to an aromatic ring is 1. The van der Waals surface area contributed by atoms with Gasteiger partial charge in [0.25, 0.3) is 0 Å². The summed E-state index contributed by atoms with van der Waals surface area (Å²) in [5.74, 6) is 0. The van der Waals surface area contributed by atoms with Crippen molar-refractivity contribution in [3.05, 3.63) is 35.9 Å². The molecule has 0 saturated carbocycles. The fraction of sp³-hybridized carbons (Fsp3) is 0.200. The number of hydrogen-bond donors (Lipinski definition) is 1. The number of halogens is 1. The molecule has 0 aromatic heterocycles. The predicted molar refractivity (Wildman–Crippen MR) is 59.3 cm³/mol. The highest BCUT2D eigenvalue weighted by molar-refractivity contribution is 6.31. The lowest BCUT2D eigenvalue weighted by atomic mass is 10.2. The number of likely N-dealkylation sites (N-methyl/N-ethyl adjacent to an activating group) is 1. The Hall–Kier alpha value is -1.15. The van der Waals surface area contributed by atoms with E-state index >= 15 is 0 Å². The van der Waals surface area contributed by atoms with Gasteiger partial charge in [-0.3, -0.25) is 0 Å². The van der Waals surface area contributed by atoms with Crippen molar-refractivity contribution in [2.45, 2.75) is 0 Å². The topological polar surface area (TPSA) is 29.3 Å². The van der Waals surface area contributed by atoms with Crippen molar-refractivity contribution in [1.82, 2.24) is 0 Å². The van der Waals surface area contributed by atoms with Crippen LogP contribution in [0.1, 0.15) is 0 Å². The molecule has 2 nitrogen and oxygen atoms in total. The van der Waals surface area contributed by atoms with Crippen molar-refractivity contribution in [3.63, 3.8) is 0 Å². The number of nitrogens with zero attached hydrogens (tertiary/aromatic N) is 1. The summed E-state index contributed by atoms with van der Waals surface area (Å²) in [6, 6.07) is 5.43. The van der Waals surface area contributed by atoms with E-state index in [1.54, 1.807) is 12.1 Å². The number of nitrogens with two attached hydrogens (primary N) is 1. The molecule has 0 saturated heterocycles. The van der Waals surface area contributed by atoms with E-state index in [0.717, 1.165) is 17.9 Å². The van der Waals surface area contributed by atoms with Crippen molar-refractivity contribution in [2.75, 3.05) is 24.2 Å². The third kappa shape index (κ3) is 2.39. The molecule has 0 spiro atoms. The van der Waals surface area contributed by atoms with Crippen molar-refractivity contribution < 1.29 is 0 Å². The summed E-state index contributed by atoms with van der Waals surface area (Å²) >= 11 is 5.85. The van der Waals surface area contributed by atoms with Crippen LogP contribution in [-0.2, 0) is 0 Å². The number of anilines is 2. The third-order valence-electron chi connectivity index (χ3n) is 1.81. The average Bonchev–Trinajstić information content (AvgIpc) is 2.09. The van der Waals surface area contributed by atoms with E-state index in [4.69, 9.17) is 17.3 Å². The Labute approximate surface area is 83.6 Å². The summed E-state index contributed by atoms with van der Waals surface area (Å²) in [6.07, 6.45) is 1.82. The molecule has 0 heterocycles. The zero-order valence-electron chi connectivity index (χ0n) is 7.63. The van der Waals surface area contributed by atoms with E-state index in [2.05, 4.69) is 6.58 Å². The molecule has 3 heteroatoms. The molecule has 0 amide bonds. The Bertz CT molecular complexity index is 310. The second-order valence-corrected chi connectivity index (χ2v) is 3.31. The zero-order chi connectivity index (χ0) is 9.84. The first kappa shape index (κ1) is 9.93. The molecular weight excluding hydrogens is 184 g/mol. The minimum Gasteiger partial charge on any atom is -0.397 e. The van der Waals surface area contributed by atoms with Crippen LogP contribution in [0.25, 0.3) is 0 Å². The van der Waals surface area contributed by atoms with Gasteiger partial charge >= 0.3 is 0 Å². The average molecular weight is 197 g/mol. The minimum absolute atomic E-state index is 0.695. The SMILES string of the molecule is C=CCN(C)c1cc(Cl)ccc1N. The van der Waals surface area contributed by atoms with E-state index in [-0.39, 0.29) is 0 Å². The molecule has 0 aliphatic carbocycles. The van der Waals surface area contributed by atoms with Gasteiger partial charge in [-0.1, -0.05) is 17.7 Å². The van der Waals surface area contributed by atoms with Crippen LogP contribution >= 0.6 is 11.6 Å². The van der Waals surface area contributed by atoms with Gasteiger partial charge in [-0.05, 0) is 18.2 Å². The summed E-state index contributed by atoms with van der Waals surface area (Å²) in [5, 5.41) is 0.695. The summed E-state index contributed by atoms with van der Waals surface area (Å²) in [4.78, 5) is 1.99. The Morgan fingerprint density at radius 3 is 2.92 bits per heavy atom. The zero-order valence-corrected chi connectivity index (χ0v) is 8.38. The molecule has 1 aromatic rings. The van der Waals surface area contributed by atoms with Crippen LogP contribution in [0.15, 0.2) is 30.9 Å². The Morgan fingerprint density at radius 1 is 1.62 bits per heavy atom. The lowest BCUT2D eigenvalue weighted by Gasteiger charge is -2.19. The molecule has 0 aliphatic rings. The molecular formula is C10H13ClN2. The Balaban J connectivity index is 2.97. The van der Waals surface area contributed by atoms with Gasteiger partial charge in [0.15, 0.2) is 0 Å². The molecule has 0 radical (unpaired) electrons. The minimum atomic E-state index is 0.695. The van der Waals surface area contributed by atoms with Crippen molar-refractivity contribution >= 4 is 23.0 Å². The first-order valence-electron chi connectivity index (χ1n) is 4.02. The van der Waals surface area contributed by atoms with E-state index in [1.165, 1.54) is 0 Å². The Morgan fingerprint density at radius 2 is 2.31 bits per heavy atom. The molecule has 0 fully saturated rings. The maximum Gasteiger partial charge on any atom is 0.0615 e. The van der Waals surface area contributed by atoms with Crippen LogP contribution < -0.4 is 10.6 Å². The number of benzene rings is 1. The first-order valence-corrected chi connectivity index (χ1v) is 4.40. The standard InChI is InChI=1S/C10H13ClN2/c1-3-6-13(2)10-7-8(11)4-5-9(10)12/h3-5,7H,1,6,12H2,2H3. The fourth-order valence-electron chi connectivity index (χ4n) is 1.14. The van der Waals surface area contributed by atoms with Crippen molar-refractivity contribution in [2.24, 2.45) is 0 Å². The molecule has 0 unspecified atom stereocenters. The van der Waals surface area contributed by atoms with Gasteiger partial charge in [-0.2, -0.15) is 0 Å². The summed E-state index contributed by atoms with van der Waals surface area (Å²) < 4.78 is 0. The van der Waals surface area contributed by atoms with Crippen LogP contribution in [0.5, 0.6) is 0 Å². The lowest BCUT2D eigenvalue weighted by molar-refractivity contribution is 1.03. The molecule has 0 bridgehead atoms. The van der Waals surface area contributed by atoms with Gasteiger partial charge in [0.05, 0.1) is 11.4 Å². The van der Waals surface area contributed by atoms with E-state index in [9.17, 15) is 0 Å².